The first kappa shape index (κ1) is 19.7. The highest BCUT2D eigenvalue weighted by Crippen LogP contribution is 2.15. The van der Waals surface area contributed by atoms with E-state index in [4.69, 9.17) is 0 Å². The van der Waals surface area contributed by atoms with Gasteiger partial charge in [0, 0.05) is 25.1 Å². The number of hydrogen-bond donors (Lipinski definition) is 2. The first-order chi connectivity index (χ1) is 13.6. The molecule has 0 atom stereocenters. The van der Waals surface area contributed by atoms with Crippen LogP contribution in [0.15, 0.2) is 54.6 Å². The van der Waals surface area contributed by atoms with Crippen molar-refractivity contribution in [3.05, 3.63) is 75.7 Å². The Kier molecular flexibility index (Phi) is 6.86. The topological polar surface area (TPSA) is 84.0 Å². The van der Waals surface area contributed by atoms with Crippen molar-refractivity contribution in [2.24, 2.45) is 0 Å². The number of benzene rings is 2. The monoisotopic (exact) mass is 394 g/mol. The zero-order valence-electron chi connectivity index (χ0n) is 15.6. The van der Waals surface area contributed by atoms with Crippen LogP contribution in [0, 0.1) is 6.92 Å². The number of rotatable bonds is 8. The van der Waals surface area contributed by atoms with E-state index in [-0.39, 0.29) is 11.8 Å². The summed E-state index contributed by atoms with van der Waals surface area (Å²) in [6.07, 6.45) is 1.69. The number of carbonyl (C=O) groups excluding carboxylic acids is 2. The van der Waals surface area contributed by atoms with Gasteiger partial charge in [0.1, 0.15) is 5.01 Å². The molecular formula is C21H22N4O2S. The Morgan fingerprint density at radius 2 is 1.86 bits per heavy atom. The van der Waals surface area contributed by atoms with Crippen LogP contribution >= 0.6 is 11.3 Å². The van der Waals surface area contributed by atoms with E-state index in [2.05, 4.69) is 26.9 Å². The lowest BCUT2D eigenvalue weighted by Crippen LogP contribution is -2.22. The standard InChI is InChI=1S/C21H22N4O2S/c1-15-7-5-8-16(13-15)14-22-18(26)11-6-12-19-24-25-21(28-19)20(27)23-17-9-3-2-4-10-17/h2-5,7-10,13H,6,11-12,14H2,1H3,(H,22,26)(H,23,27). The molecule has 0 aliphatic carbocycles. The van der Waals surface area contributed by atoms with Gasteiger partial charge < -0.3 is 10.6 Å². The molecule has 0 aliphatic heterocycles. The van der Waals surface area contributed by atoms with Crippen molar-refractivity contribution in [3.63, 3.8) is 0 Å². The number of hydrogen-bond acceptors (Lipinski definition) is 5. The van der Waals surface area contributed by atoms with Crippen molar-refractivity contribution >= 4 is 28.8 Å². The zero-order chi connectivity index (χ0) is 19.8. The molecule has 0 saturated carbocycles. The summed E-state index contributed by atoms with van der Waals surface area (Å²) in [5.74, 6) is -0.265. The van der Waals surface area contributed by atoms with Crippen LogP contribution in [0.5, 0.6) is 0 Å². The predicted octanol–water partition coefficient (Wildman–Crippen LogP) is 3.74. The molecule has 0 spiro atoms. The molecule has 7 heteroatoms. The molecular weight excluding hydrogens is 372 g/mol. The minimum Gasteiger partial charge on any atom is -0.352 e. The Morgan fingerprint density at radius 1 is 1.04 bits per heavy atom. The Labute approximate surface area is 168 Å². The fourth-order valence-electron chi connectivity index (χ4n) is 2.66. The van der Waals surface area contributed by atoms with E-state index in [1.165, 1.54) is 16.9 Å². The van der Waals surface area contributed by atoms with Crippen molar-refractivity contribution in [2.75, 3.05) is 5.32 Å². The lowest BCUT2D eigenvalue weighted by atomic mass is 10.1. The van der Waals surface area contributed by atoms with Gasteiger partial charge in [0.25, 0.3) is 5.91 Å². The molecule has 2 aromatic carbocycles. The van der Waals surface area contributed by atoms with Crippen molar-refractivity contribution < 1.29 is 9.59 Å². The van der Waals surface area contributed by atoms with Crippen LogP contribution in [0.25, 0.3) is 0 Å². The van der Waals surface area contributed by atoms with Gasteiger partial charge in [-0.2, -0.15) is 0 Å². The fourth-order valence-corrected chi connectivity index (χ4v) is 3.44. The Hall–Kier alpha value is -3.06. The lowest BCUT2D eigenvalue weighted by Gasteiger charge is -2.05. The number of carbonyl (C=O) groups is 2. The highest BCUT2D eigenvalue weighted by atomic mass is 32.1. The highest BCUT2D eigenvalue weighted by molar-refractivity contribution is 7.13. The Balaban J connectivity index is 1.40. The maximum atomic E-state index is 12.2. The maximum absolute atomic E-state index is 12.2. The van der Waals surface area contributed by atoms with Crippen LogP contribution in [0.4, 0.5) is 5.69 Å². The van der Waals surface area contributed by atoms with Gasteiger partial charge in [-0.15, -0.1) is 10.2 Å². The minimum atomic E-state index is -0.272. The Morgan fingerprint density at radius 3 is 2.64 bits per heavy atom. The van der Waals surface area contributed by atoms with Crippen LogP contribution in [0.1, 0.15) is 38.8 Å². The third kappa shape index (κ3) is 5.99. The third-order valence-corrected chi connectivity index (χ3v) is 5.04. The number of aromatic nitrogens is 2. The molecule has 0 unspecified atom stereocenters. The first-order valence-electron chi connectivity index (χ1n) is 9.11. The number of anilines is 1. The smallest absolute Gasteiger partial charge is 0.286 e. The van der Waals surface area contributed by atoms with Gasteiger partial charge in [-0.1, -0.05) is 59.4 Å². The summed E-state index contributed by atoms with van der Waals surface area (Å²) in [7, 11) is 0. The van der Waals surface area contributed by atoms with E-state index in [9.17, 15) is 9.59 Å². The molecule has 3 aromatic rings. The van der Waals surface area contributed by atoms with Crippen molar-refractivity contribution in [1.82, 2.24) is 15.5 Å². The van der Waals surface area contributed by atoms with E-state index < -0.39 is 0 Å². The van der Waals surface area contributed by atoms with Gasteiger partial charge in [-0.3, -0.25) is 9.59 Å². The number of para-hydroxylation sites is 1. The molecule has 144 valence electrons. The number of nitrogens with zero attached hydrogens (tertiary/aromatic N) is 2. The molecule has 0 aliphatic rings. The van der Waals surface area contributed by atoms with E-state index in [0.29, 0.717) is 30.8 Å². The number of nitrogens with one attached hydrogen (secondary N) is 2. The third-order valence-electron chi connectivity index (χ3n) is 4.06. The first-order valence-corrected chi connectivity index (χ1v) is 9.93. The maximum Gasteiger partial charge on any atom is 0.286 e. The predicted molar refractivity (Wildman–Crippen MR) is 110 cm³/mol. The van der Waals surface area contributed by atoms with Crippen molar-refractivity contribution in [2.45, 2.75) is 32.7 Å². The van der Waals surface area contributed by atoms with Crippen LogP contribution in [0.3, 0.4) is 0 Å². The van der Waals surface area contributed by atoms with Gasteiger partial charge in [-0.05, 0) is 31.0 Å². The minimum absolute atomic E-state index is 0.00747. The molecule has 0 radical (unpaired) electrons. The average molecular weight is 394 g/mol. The van der Waals surface area contributed by atoms with Gasteiger partial charge in [0.15, 0.2) is 0 Å². The van der Waals surface area contributed by atoms with Crippen LogP contribution in [-0.4, -0.2) is 22.0 Å². The average Bonchev–Trinajstić information content (AvgIpc) is 3.16. The van der Waals surface area contributed by atoms with Gasteiger partial charge in [-0.25, -0.2) is 0 Å². The molecule has 2 N–H and O–H groups in total. The van der Waals surface area contributed by atoms with E-state index >= 15 is 0 Å². The quantitative estimate of drug-likeness (QED) is 0.610. The second kappa shape index (κ2) is 9.75. The zero-order valence-corrected chi connectivity index (χ0v) is 16.5. The summed E-state index contributed by atoms with van der Waals surface area (Å²) in [6.45, 7) is 2.56. The Bertz CT molecular complexity index is 940. The molecule has 0 bridgehead atoms. The lowest BCUT2D eigenvalue weighted by molar-refractivity contribution is -0.121. The molecule has 1 aromatic heterocycles. The SMILES string of the molecule is Cc1cccc(CNC(=O)CCCc2nnc(C(=O)Nc3ccccc3)s2)c1. The van der Waals surface area contributed by atoms with Crippen LogP contribution in [-0.2, 0) is 17.8 Å². The summed E-state index contributed by atoms with van der Waals surface area (Å²) in [5.41, 5.74) is 2.98. The molecule has 6 nitrogen and oxygen atoms in total. The molecule has 2 amide bonds. The normalized spacial score (nSPS) is 10.5. The highest BCUT2D eigenvalue weighted by Gasteiger charge is 2.13. The van der Waals surface area contributed by atoms with Crippen LogP contribution in [0.2, 0.25) is 0 Å². The molecule has 28 heavy (non-hydrogen) atoms. The van der Waals surface area contributed by atoms with Gasteiger partial charge in [0.2, 0.25) is 10.9 Å². The summed E-state index contributed by atoms with van der Waals surface area (Å²) in [6, 6.07) is 17.3. The van der Waals surface area contributed by atoms with E-state index in [1.807, 2.05) is 55.5 Å². The van der Waals surface area contributed by atoms with Gasteiger partial charge >= 0.3 is 0 Å². The summed E-state index contributed by atoms with van der Waals surface area (Å²) >= 11 is 1.26. The molecule has 3 rings (SSSR count). The van der Waals surface area contributed by atoms with Crippen molar-refractivity contribution in [1.29, 1.82) is 0 Å². The summed E-state index contributed by atoms with van der Waals surface area (Å²) in [5, 5.41) is 14.8. The number of aryl methyl sites for hydroxylation is 2. The number of amides is 2. The van der Waals surface area contributed by atoms with Gasteiger partial charge in [0.05, 0.1) is 0 Å². The second-order valence-electron chi connectivity index (χ2n) is 6.44. The van der Waals surface area contributed by atoms with Crippen molar-refractivity contribution in [3.8, 4) is 0 Å². The molecule has 0 saturated heterocycles. The second-order valence-corrected chi connectivity index (χ2v) is 7.50. The molecule has 0 fully saturated rings. The van der Waals surface area contributed by atoms with Crippen LogP contribution < -0.4 is 10.6 Å². The molecule has 1 heterocycles. The fraction of sp³-hybridized carbons (Fsp3) is 0.238. The van der Waals surface area contributed by atoms with E-state index in [0.717, 1.165) is 16.3 Å². The largest absolute Gasteiger partial charge is 0.352 e. The van der Waals surface area contributed by atoms with E-state index in [1.54, 1.807) is 0 Å². The summed E-state index contributed by atoms with van der Waals surface area (Å²) < 4.78 is 0. The summed E-state index contributed by atoms with van der Waals surface area (Å²) in [4.78, 5) is 24.2.